The molecule has 2 rings (SSSR count). The van der Waals surface area contributed by atoms with Gasteiger partial charge in [0.25, 0.3) is 0 Å². The minimum Gasteiger partial charge on any atom is -0.369 e. The van der Waals surface area contributed by atoms with Crippen molar-refractivity contribution >= 4 is 11.5 Å². The van der Waals surface area contributed by atoms with Gasteiger partial charge in [-0.25, -0.2) is 0 Å². The number of anilines is 1. The fourth-order valence-electron chi connectivity index (χ4n) is 1.31. The lowest BCUT2D eigenvalue weighted by Gasteiger charge is -2.06. The van der Waals surface area contributed by atoms with Gasteiger partial charge in [0.1, 0.15) is 12.1 Å². The Morgan fingerprint density at radius 2 is 2.27 bits per heavy atom. The molecule has 0 spiro atoms. The van der Waals surface area contributed by atoms with Gasteiger partial charge in [0.15, 0.2) is 5.65 Å². The van der Waals surface area contributed by atoms with Crippen LogP contribution in [-0.2, 0) is 0 Å². The van der Waals surface area contributed by atoms with Crippen LogP contribution >= 0.6 is 0 Å². The number of fused-ring (bicyclic) bond motifs is 1. The summed E-state index contributed by atoms with van der Waals surface area (Å²) in [5, 5.41) is 15.2. The Bertz CT molecular complexity index is 434. The Hall–Kier alpha value is -1.65. The average Bonchev–Trinajstić information content (AvgIpc) is 2.64. The lowest BCUT2D eigenvalue weighted by Crippen LogP contribution is -2.07. The van der Waals surface area contributed by atoms with Gasteiger partial charge in [-0.15, -0.1) is 15.3 Å². The van der Waals surface area contributed by atoms with Gasteiger partial charge in [0.2, 0.25) is 0 Å². The van der Waals surface area contributed by atoms with E-state index in [0.29, 0.717) is 5.92 Å². The molecule has 5 heteroatoms. The first-order valence-corrected chi connectivity index (χ1v) is 5.16. The standard InChI is InChI=1S/C10H15N5/c1-8(2)5-6-11-9-3-4-10-13-12-7-15(10)14-9/h3-4,7-8H,5-6H2,1-2H3,(H,11,14). The molecule has 1 N–H and O–H groups in total. The molecule has 0 atom stereocenters. The van der Waals surface area contributed by atoms with Crippen molar-refractivity contribution in [1.82, 2.24) is 19.8 Å². The Morgan fingerprint density at radius 3 is 3.07 bits per heavy atom. The first-order valence-electron chi connectivity index (χ1n) is 5.16. The third-order valence-electron chi connectivity index (χ3n) is 2.19. The molecule has 15 heavy (non-hydrogen) atoms. The predicted molar refractivity (Wildman–Crippen MR) is 58.7 cm³/mol. The van der Waals surface area contributed by atoms with Crippen molar-refractivity contribution in [3.05, 3.63) is 18.5 Å². The first-order chi connectivity index (χ1) is 7.25. The van der Waals surface area contributed by atoms with Gasteiger partial charge in [-0.2, -0.15) is 4.52 Å². The molecule has 0 aliphatic rings. The Balaban J connectivity index is 2.02. The summed E-state index contributed by atoms with van der Waals surface area (Å²) in [5.74, 6) is 1.57. The molecule has 5 nitrogen and oxygen atoms in total. The Morgan fingerprint density at radius 1 is 1.40 bits per heavy atom. The number of hydrogen-bond acceptors (Lipinski definition) is 4. The third-order valence-corrected chi connectivity index (χ3v) is 2.19. The van der Waals surface area contributed by atoms with Crippen LogP contribution in [0.2, 0.25) is 0 Å². The van der Waals surface area contributed by atoms with Crippen LogP contribution in [-0.4, -0.2) is 26.4 Å². The fourth-order valence-corrected chi connectivity index (χ4v) is 1.31. The van der Waals surface area contributed by atoms with Crippen LogP contribution in [0.3, 0.4) is 0 Å². The van der Waals surface area contributed by atoms with E-state index in [4.69, 9.17) is 0 Å². The second-order valence-corrected chi connectivity index (χ2v) is 3.96. The third kappa shape index (κ3) is 2.43. The molecule has 0 radical (unpaired) electrons. The zero-order valence-electron chi connectivity index (χ0n) is 9.01. The van der Waals surface area contributed by atoms with Crippen molar-refractivity contribution < 1.29 is 0 Å². The summed E-state index contributed by atoms with van der Waals surface area (Å²) in [7, 11) is 0. The van der Waals surface area contributed by atoms with Crippen LogP contribution in [0.1, 0.15) is 20.3 Å². The quantitative estimate of drug-likeness (QED) is 0.823. The number of hydrogen-bond donors (Lipinski definition) is 1. The number of aromatic nitrogens is 4. The molecule has 80 valence electrons. The number of rotatable bonds is 4. The van der Waals surface area contributed by atoms with Gasteiger partial charge < -0.3 is 5.32 Å². The van der Waals surface area contributed by atoms with Crippen molar-refractivity contribution in [2.45, 2.75) is 20.3 Å². The number of nitrogens with one attached hydrogen (secondary N) is 1. The maximum Gasteiger partial charge on any atom is 0.177 e. The SMILES string of the molecule is CC(C)CCNc1ccc2nncn2n1. The zero-order chi connectivity index (χ0) is 10.7. The van der Waals surface area contributed by atoms with Crippen molar-refractivity contribution in [2.75, 3.05) is 11.9 Å². The molecular formula is C10H15N5. The predicted octanol–water partition coefficient (Wildman–Crippen LogP) is 1.58. The minimum atomic E-state index is 0.705. The molecule has 2 aromatic heterocycles. The summed E-state index contributed by atoms with van der Waals surface area (Å²) in [6.07, 6.45) is 2.74. The largest absolute Gasteiger partial charge is 0.369 e. The first kappa shape index (κ1) is 9.89. The van der Waals surface area contributed by atoms with Crippen molar-refractivity contribution in [3.63, 3.8) is 0 Å². The summed E-state index contributed by atoms with van der Waals surface area (Å²) in [6.45, 7) is 5.36. The highest BCUT2D eigenvalue weighted by molar-refractivity contribution is 5.42. The van der Waals surface area contributed by atoms with E-state index >= 15 is 0 Å². The topological polar surface area (TPSA) is 55.1 Å². The average molecular weight is 205 g/mol. The van der Waals surface area contributed by atoms with Gasteiger partial charge in [0, 0.05) is 6.54 Å². The monoisotopic (exact) mass is 205 g/mol. The van der Waals surface area contributed by atoms with E-state index in [-0.39, 0.29) is 0 Å². The highest BCUT2D eigenvalue weighted by Crippen LogP contribution is 2.05. The van der Waals surface area contributed by atoms with Gasteiger partial charge in [-0.1, -0.05) is 13.8 Å². The van der Waals surface area contributed by atoms with Crippen molar-refractivity contribution in [3.8, 4) is 0 Å². The van der Waals surface area contributed by atoms with E-state index in [9.17, 15) is 0 Å². The van der Waals surface area contributed by atoms with Crippen LogP contribution in [0, 0.1) is 5.92 Å². The van der Waals surface area contributed by atoms with E-state index < -0.39 is 0 Å². The van der Waals surface area contributed by atoms with E-state index in [1.807, 2.05) is 12.1 Å². The maximum atomic E-state index is 4.31. The van der Waals surface area contributed by atoms with E-state index in [1.165, 1.54) is 0 Å². The molecule has 0 saturated heterocycles. The smallest absolute Gasteiger partial charge is 0.177 e. The molecule has 0 aliphatic carbocycles. The van der Waals surface area contributed by atoms with Crippen molar-refractivity contribution in [1.29, 1.82) is 0 Å². The molecule has 0 aliphatic heterocycles. The van der Waals surface area contributed by atoms with Crippen LogP contribution < -0.4 is 5.32 Å². The van der Waals surface area contributed by atoms with E-state index in [2.05, 4.69) is 34.5 Å². The summed E-state index contributed by atoms with van der Waals surface area (Å²) >= 11 is 0. The molecule has 0 unspecified atom stereocenters. The number of nitrogens with zero attached hydrogens (tertiary/aromatic N) is 4. The molecule has 2 aromatic rings. The molecule has 0 saturated carbocycles. The van der Waals surface area contributed by atoms with Crippen LogP contribution in [0.25, 0.3) is 5.65 Å². The van der Waals surface area contributed by atoms with Gasteiger partial charge in [-0.05, 0) is 24.5 Å². The fraction of sp³-hybridized carbons (Fsp3) is 0.500. The molecule has 0 bridgehead atoms. The summed E-state index contributed by atoms with van der Waals surface area (Å²) < 4.78 is 1.66. The second-order valence-electron chi connectivity index (χ2n) is 3.96. The Kier molecular flexibility index (Phi) is 2.80. The normalized spacial score (nSPS) is 11.1. The molecule has 0 aromatic carbocycles. The van der Waals surface area contributed by atoms with Crippen molar-refractivity contribution in [2.24, 2.45) is 5.92 Å². The Labute approximate surface area is 88.5 Å². The lowest BCUT2D eigenvalue weighted by atomic mass is 10.1. The van der Waals surface area contributed by atoms with E-state index in [0.717, 1.165) is 24.4 Å². The van der Waals surface area contributed by atoms with Crippen LogP contribution in [0.5, 0.6) is 0 Å². The molecule has 0 fully saturated rings. The summed E-state index contributed by atoms with van der Waals surface area (Å²) in [4.78, 5) is 0. The maximum absolute atomic E-state index is 4.31. The summed E-state index contributed by atoms with van der Waals surface area (Å²) in [5.41, 5.74) is 0.768. The zero-order valence-corrected chi connectivity index (χ0v) is 9.01. The highest BCUT2D eigenvalue weighted by atomic mass is 15.4. The molecule has 0 amide bonds. The highest BCUT2D eigenvalue weighted by Gasteiger charge is 1.99. The second kappa shape index (κ2) is 4.25. The minimum absolute atomic E-state index is 0.705. The van der Waals surface area contributed by atoms with Crippen LogP contribution in [0.4, 0.5) is 5.82 Å². The van der Waals surface area contributed by atoms with E-state index in [1.54, 1.807) is 10.8 Å². The van der Waals surface area contributed by atoms with Crippen LogP contribution in [0.15, 0.2) is 18.5 Å². The molecule has 2 heterocycles. The lowest BCUT2D eigenvalue weighted by molar-refractivity contribution is 0.606. The molecular weight excluding hydrogens is 190 g/mol. The summed E-state index contributed by atoms with van der Waals surface area (Å²) in [6, 6.07) is 3.82. The van der Waals surface area contributed by atoms with Gasteiger partial charge in [0.05, 0.1) is 0 Å². The van der Waals surface area contributed by atoms with Gasteiger partial charge in [-0.3, -0.25) is 0 Å². The van der Waals surface area contributed by atoms with Gasteiger partial charge >= 0.3 is 0 Å².